The Morgan fingerprint density at radius 2 is 2.09 bits per heavy atom. The lowest BCUT2D eigenvalue weighted by Gasteiger charge is -2.09. The maximum absolute atomic E-state index is 9.24. The number of methoxy groups -OCH3 is 1. The highest BCUT2D eigenvalue weighted by Gasteiger charge is 2.07. The molecule has 0 aliphatic rings. The summed E-state index contributed by atoms with van der Waals surface area (Å²) in [5.74, 6) is 0. The zero-order valence-electron chi connectivity index (χ0n) is 6.19. The van der Waals surface area contributed by atoms with Crippen LogP contribution in [0.15, 0.2) is 29.2 Å². The number of benzene rings is 1. The summed E-state index contributed by atoms with van der Waals surface area (Å²) in [6, 6.07) is 7.27. The van der Waals surface area contributed by atoms with Crippen LogP contribution in [0.25, 0.3) is 0 Å². The van der Waals surface area contributed by atoms with Crippen LogP contribution in [0.4, 0.5) is 0 Å². The number of aliphatic hydroxyl groups is 1. The lowest BCUT2D eigenvalue weighted by atomic mass is 10.2. The van der Waals surface area contributed by atoms with Crippen molar-refractivity contribution in [2.75, 3.05) is 7.11 Å². The van der Waals surface area contributed by atoms with E-state index < -0.39 is 6.29 Å². The predicted molar refractivity (Wildman–Crippen MR) is 45.7 cm³/mol. The molecular weight excluding hydrogens is 160 g/mol. The summed E-state index contributed by atoms with van der Waals surface area (Å²) in [5.41, 5.74) is 0.693. The minimum absolute atomic E-state index is 0.693. The third-order valence-electron chi connectivity index (χ3n) is 1.43. The molecule has 0 spiro atoms. The molecule has 0 heterocycles. The second-order valence-electron chi connectivity index (χ2n) is 2.15. The Morgan fingerprint density at radius 1 is 1.45 bits per heavy atom. The molecule has 1 atom stereocenters. The Hall–Kier alpha value is -0.510. The summed E-state index contributed by atoms with van der Waals surface area (Å²) in [7, 11) is 1.45. The van der Waals surface area contributed by atoms with Crippen LogP contribution in [-0.4, -0.2) is 12.2 Å². The maximum atomic E-state index is 9.24. The fourth-order valence-corrected chi connectivity index (χ4v) is 1.09. The van der Waals surface area contributed by atoms with E-state index in [1.165, 1.54) is 7.11 Å². The number of ether oxygens (including phenoxy) is 1. The van der Waals surface area contributed by atoms with Crippen molar-refractivity contribution in [1.29, 1.82) is 0 Å². The van der Waals surface area contributed by atoms with Gasteiger partial charge in [0.15, 0.2) is 6.29 Å². The largest absolute Gasteiger partial charge is 0.364 e. The predicted octanol–water partition coefficient (Wildman–Crippen LogP) is 1.61. The Morgan fingerprint density at radius 3 is 2.64 bits per heavy atom. The van der Waals surface area contributed by atoms with Gasteiger partial charge in [0.25, 0.3) is 0 Å². The molecule has 11 heavy (non-hydrogen) atoms. The minimum Gasteiger partial charge on any atom is -0.364 e. The van der Waals surface area contributed by atoms with Gasteiger partial charge in [0.2, 0.25) is 0 Å². The zero-order valence-corrected chi connectivity index (χ0v) is 7.08. The summed E-state index contributed by atoms with van der Waals surface area (Å²) in [4.78, 5) is 0.738. The van der Waals surface area contributed by atoms with Gasteiger partial charge in [0.05, 0.1) is 0 Å². The van der Waals surface area contributed by atoms with Gasteiger partial charge in [0, 0.05) is 17.6 Å². The molecule has 0 fully saturated rings. The van der Waals surface area contributed by atoms with Gasteiger partial charge < -0.3 is 9.84 Å². The molecule has 0 amide bonds. The quantitative estimate of drug-likeness (QED) is 0.521. The van der Waals surface area contributed by atoms with Crippen LogP contribution in [0.5, 0.6) is 0 Å². The van der Waals surface area contributed by atoms with E-state index in [0.717, 1.165) is 4.90 Å². The molecule has 1 unspecified atom stereocenters. The van der Waals surface area contributed by atoms with Gasteiger partial charge >= 0.3 is 0 Å². The smallest absolute Gasteiger partial charge is 0.181 e. The van der Waals surface area contributed by atoms with Gasteiger partial charge in [-0.2, -0.15) is 0 Å². The van der Waals surface area contributed by atoms with Crippen LogP contribution in [-0.2, 0) is 4.74 Å². The van der Waals surface area contributed by atoms with Gasteiger partial charge in [-0.1, -0.05) is 18.2 Å². The van der Waals surface area contributed by atoms with Crippen molar-refractivity contribution in [3.63, 3.8) is 0 Å². The number of hydrogen-bond donors (Lipinski definition) is 2. The van der Waals surface area contributed by atoms with Gasteiger partial charge in [-0.25, -0.2) is 0 Å². The highest BCUT2D eigenvalue weighted by atomic mass is 32.1. The standard InChI is InChI=1S/C8H10O2S/c1-10-8(9)6-4-2-3-5-7(6)11/h2-5,8-9,11H,1H3. The average Bonchev–Trinajstić information content (AvgIpc) is 2.04. The fourth-order valence-electron chi connectivity index (χ4n) is 0.823. The van der Waals surface area contributed by atoms with E-state index in [4.69, 9.17) is 4.74 Å². The van der Waals surface area contributed by atoms with Crippen molar-refractivity contribution < 1.29 is 9.84 Å². The van der Waals surface area contributed by atoms with Crippen molar-refractivity contribution in [3.8, 4) is 0 Å². The van der Waals surface area contributed by atoms with Crippen molar-refractivity contribution >= 4 is 12.6 Å². The highest BCUT2D eigenvalue weighted by molar-refractivity contribution is 7.80. The average molecular weight is 170 g/mol. The number of thiol groups is 1. The SMILES string of the molecule is COC(O)c1ccccc1S. The summed E-state index contributed by atoms with van der Waals surface area (Å²) >= 11 is 4.15. The summed E-state index contributed by atoms with van der Waals surface area (Å²) in [6.45, 7) is 0. The topological polar surface area (TPSA) is 29.5 Å². The Labute approximate surface area is 71.2 Å². The molecule has 0 saturated carbocycles. The van der Waals surface area contributed by atoms with E-state index in [1.807, 2.05) is 12.1 Å². The third-order valence-corrected chi connectivity index (χ3v) is 1.83. The Bertz CT molecular complexity index is 237. The Kier molecular flexibility index (Phi) is 2.93. The second-order valence-corrected chi connectivity index (χ2v) is 2.63. The van der Waals surface area contributed by atoms with Crippen LogP contribution in [0.1, 0.15) is 11.9 Å². The van der Waals surface area contributed by atoms with Crippen LogP contribution in [0.3, 0.4) is 0 Å². The monoisotopic (exact) mass is 170 g/mol. The normalized spacial score (nSPS) is 13.0. The second kappa shape index (κ2) is 3.76. The van der Waals surface area contributed by atoms with Crippen LogP contribution in [0.2, 0.25) is 0 Å². The maximum Gasteiger partial charge on any atom is 0.181 e. The highest BCUT2D eigenvalue weighted by Crippen LogP contribution is 2.20. The fraction of sp³-hybridized carbons (Fsp3) is 0.250. The number of aliphatic hydroxyl groups excluding tert-OH is 1. The van der Waals surface area contributed by atoms with Gasteiger partial charge in [-0.3, -0.25) is 0 Å². The number of hydrogen-bond acceptors (Lipinski definition) is 3. The van der Waals surface area contributed by atoms with Crippen LogP contribution < -0.4 is 0 Å². The molecular formula is C8H10O2S. The first-order valence-corrected chi connectivity index (χ1v) is 3.69. The lowest BCUT2D eigenvalue weighted by molar-refractivity contribution is -0.0786. The first-order valence-electron chi connectivity index (χ1n) is 3.24. The molecule has 1 aromatic carbocycles. The van der Waals surface area contributed by atoms with E-state index in [-0.39, 0.29) is 0 Å². The molecule has 0 aliphatic carbocycles. The summed E-state index contributed by atoms with van der Waals surface area (Å²) < 4.78 is 4.72. The lowest BCUT2D eigenvalue weighted by Crippen LogP contribution is -1.99. The molecule has 1 N–H and O–H groups in total. The molecule has 0 saturated heterocycles. The van der Waals surface area contributed by atoms with E-state index in [2.05, 4.69) is 12.6 Å². The van der Waals surface area contributed by atoms with E-state index in [9.17, 15) is 5.11 Å². The molecule has 3 heteroatoms. The van der Waals surface area contributed by atoms with E-state index in [0.29, 0.717) is 5.56 Å². The van der Waals surface area contributed by atoms with Gasteiger partial charge in [0.1, 0.15) is 0 Å². The first-order chi connectivity index (χ1) is 5.25. The minimum atomic E-state index is -0.872. The van der Waals surface area contributed by atoms with Crippen molar-refractivity contribution in [2.24, 2.45) is 0 Å². The van der Waals surface area contributed by atoms with Crippen molar-refractivity contribution in [2.45, 2.75) is 11.2 Å². The van der Waals surface area contributed by atoms with E-state index in [1.54, 1.807) is 12.1 Å². The van der Waals surface area contributed by atoms with E-state index >= 15 is 0 Å². The van der Waals surface area contributed by atoms with Gasteiger partial charge in [-0.15, -0.1) is 12.6 Å². The molecule has 0 bridgehead atoms. The van der Waals surface area contributed by atoms with Crippen LogP contribution in [0, 0.1) is 0 Å². The molecule has 1 rings (SSSR count). The van der Waals surface area contributed by atoms with Gasteiger partial charge in [-0.05, 0) is 6.07 Å². The molecule has 1 aromatic rings. The molecule has 60 valence electrons. The van der Waals surface area contributed by atoms with Crippen molar-refractivity contribution in [3.05, 3.63) is 29.8 Å². The Balaban J connectivity index is 2.93. The summed E-state index contributed by atoms with van der Waals surface area (Å²) in [5, 5.41) is 9.24. The first kappa shape index (κ1) is 8.59. The number of rotatable bonds is 2. The molecule has 0 aliphatic heterocycles. The molecule has 2 nitrogen and oxygen atoms in total. The summed E-state index contributed by atoms with van der Waals surface area (Å²) in [6.07, 6.45) is -0.872. The molecule has 0 aromatic heterocycles. The van der Waals surface area contributed by atoms with Crippen molar-refractivity contribution in [1.82, 2.24) is 0 Å². The van der Waals surface area contributed by atoms with Crippen LogP contribution >= 0.6 is 12.6 Å². The third kappa shape index (κ3) is 1.96. The molecule has 0 radical (unpaired) electrons. The zero-order chi connectivity index (χ0) is 8.27.